The van der Waals surface area contributed by atoms with Gasteiger partial charge in [-0.2, -0.15) is 0 Å². The van der Waals surface area contributed by atoms with Crippen molar-refractivity contribution in [2.24, 2.45) is 5.41 Å². The molecular formula is C27H38ClN3O3. The Balaban J connectivity index is 1.77. The van der Waals surface area contributed by atoms with E-state index < -0.39 is 11.4 Å². The number of hydrogen-bond acceptors (Lipinski definition) is 5. The molecule has 2 aromatic rings. The van der Waals surface area contributed by atoms with Crippen LogP contribution < -0.4 is 10.1 Å². The highest BCUT2D eigenvalue weighted by Crippen LogP contribution is 2.40. The number of rotatable bonds is 12. The molecule has 0 unspecified atom stereocenters. The summed E-state index contributed by atoms with van der Waals surface area (Å²) in [6.45, 7) is 14.1. The molecule has 1 aliphatic heterocycles. The largest absolute Gasteiger partial charge is 0.492 e. The molecule has 1 aliphatic rings. The number of likely N-dealkylation sites (tertiary alicyclic amines) is 1. The molecule has 1 aromatic carbocycles. The standard InChI is InChI=1S/C27H38ClN3O3/c1-6-34-23-14-24(28)29-15-22(23)30-16-27(21-11-8-7-10-20(21)19(2)3)17-31(18-27)13-9-12-26(4,5)25(32)33/h7-8,10-11,14-15,19,30H,6,9,12-13,16-18H2,1-5H3,(H,32,33). The molecule has 2 N–H and O–H groups in total. The number of ether oxygens (including phenoxy) is 1. The lowest BCUT2D eigenvalue weighted by Gasteiger charge is -2.52. The molecule has 1 saturated heterocycles. The molecule has 0 atom stereocenters. The highest BCUT2D eigenvalue weighted by atomic mass is 35.5. The second-order valence-electron chi connectivity index (χ2n) is 10.3. The lowest BCUT2D eigenvalue weighted by atomic mass is 9.70. The summed E-state index contributed by atoms with van der Waals surface area (Å²) in [5.74, 6) is 0.402. The number of aromatic nitrogens is 1. The van der Waals surface area contributed by atoms with E-state index in [1.807, 2.05) is 6.92 Å². The first-order valence-corrected chi connectivity index (χ1v) is 12.5. The highest BCUT2D eigenvalue weighted by molar-refractivity contribution is 6.29. The van der Waals surface area contributed by atoms with E-state index in [9.17, 15) is 9.90 Å². The number of carboxylic acids is 1. The van der Waals surface area contributed by atoms with Crippen molar-refractivity contribution in [1.29, 1.82) is 0 Å². The van der Waals surface area contributed by atoms with Crippen LogP contribution in [0.2, 0.25) is 5.15 Å². The Morgan fingerprint density at radius 1 is 1.32 bits per heavy atom. The molecule has 2 heterocycles. The van der Waals surface area contributed by atoms with Gasteiger partial charge in [-0.1, -0.05) is 49.7 Å². The number of hydrogen-bond donors (Lipinski definition) is 2. The van der Waals surface area contributed by atoms with Crippen LogP contribution in [0.5, 0.6) is 5.75 Å². The van der Waals surface area contributed by atoms with Crippen LogP contribution in [0.15, 0.2) is 36.5 Å². The van der Waals surface area contributed by atoms with E-state index in [4.69, 9.17) is 16.3 Å². The zero-order chi connectivity index (χ0) is 24.9. The first-order valence-electron chi connectivity index (χ1n) is 12.2. The molecule has 0 amide bonds. The van der Waals surface area contributed by atoms with Gasteiger partial charge in [-0.15, -0.1) is 0 Å². The minimum absolute atomic E-state index is 0.0493. The van der Waals surface area contributed by atoms with E-state index >= 15 is 0 Å². The maximum absolute atomic E-state index is 11.4. The summed E-state index contributed by atoms with van der Waals surface area (Å²) in [7, 11) is 0. The summed E-state index contributed by atoms with van der Waals surface area (Å²) in [6.07, 6.45) is 3.27. The molecule has 0 bridgehead atoms. The maximum atomic E-state index is 11.4. The summed E-state index contributed by atoms with van der Waals surface area (Å²) in [5, 5.41) is 13.4. The highest BCUT2D eigenvalue weighted by Gasteiger charge is 2.45. The average Bonchev–Trinajstić information content (AvgIpc) is 2.76. The number of carbonyl (C=O) groups is 1. The predicted molar refractivity (Wildman–Crippen MR) is 138 cm³/mol. The quantitative estimate of drug-likeness (QED) is 0.368. The van der Waals surface area contributed by atoms with Gasteiger partial charge in [0.15, 0.2) is 0 Å². The number of aliphatic carboxylic acids is 1. The van der Waals surface area contributed by atoms with Crippen molar-refractivity contribution in [1.82, 2.24) is 9.88 Å². The zero-order valence-electron chi connectivity index (χ0n) is 21.0. The van der Waals surface area contributed by atoms with E-state index in [-0.39, 0.29) is 5.41 Å². The van der Waals surface area contributed by atoms with Gasteiger partial charge in [0.25, 0.3) is 0 Å². The van der Waals surface area contributed by atoms with Crippen molar-refractivity contribution < 1.29 is 14.6 Å². The monoisotopic (exact) mass is 487 g/mol. The van der Waals surface area contributed by atoms with Gasteiger partial charge in [0.1, 0.15) is 10.9 Å². The molecule has 6 nitrogen and oxygen atoms in total. The van der Waals surface area contributed by atoms with E-state index in [1.165, 1.54) is 11.1 Å². The molecule has 34 heavy (non-hydrogen) atoms. The molecule has 1 aromatic heterocycles. The van der Waals surface area contributed by atoms with Crippen LogP contribution in [0.25, 0.3) is 0 Å². The van der Waals surface area contributed by atoms with Crippen molar-refractivity contribution in [2.75, 3.05) is 38.1 Å². The van der Waals surface area contributed by atoms with Crippen LogP contribution in [0, 0.1) is 5.41 Å². The van der Waals surface area contributed by atoms with Gasteiger partial charge in [0.2, 0.25) is 0 Å². The van der Waals surface area contributed by atoms with E-state index in [2.05, 4.69) is 53.3 Å². The van der Waals surface area contributed by atoms with E-state index in [1.54, 1.807) is 26.1 Å². The fourth-order valence-electron chi connectivity index (χ4n) is 4.77. The Kier molecular flexibility index (Phi) is 8.47. The zero-order valence-corrected chi connectivity index (χ0v) is 21.8. The van der Waals surface area contributed by atoms with Gasteiger partial charge in [0, 0.05) is 31.1 Å². The second kappa shape index (κ2) is 11.0. The summed E-state index contributed by atoms with van der Waals surface area (Å²) < 4.78 is 5.78. The number of nitrogens with zero attached hydrogens (tertiary/aromatic N) is 2. The van der Waals surface area contributed by atoms with Crippen molar-refractivity contribution >= 4 is 23.3 Å². The van der Waals surface area contributed by atoms with Crippen molar-refractivity contribution in [3.63, 3.8) is 0 Å². The fourth-order valence-corrected chi connectivity index (χ4v) is 4.91. The molecule has 1 fully saturated rings. The van der Waals surface area contributed by atoms with Crippen LogP contribution in [-0.4, -0.2) is 53.7 Å². The molecular weight excluding hydrogens is 450 g/mol. The summed E-state index contributed by atoms with van der Waals surface area (Å²) >= 11 is 6.09. The Morgan fingerprint density at radius 2 is 2.03 bits per heavy atom. The van der Waals surface area contributed by atoms with Crippen molar-refractivity contribution in [2.45, 2.75) is 58.8 Å². The molecule has 0 radical (unpaired) electrons. The van der Waals surface area contributed by atoms with E-state index in [0.29, 0.717) is 29.8 Å². The van der Waals surface area contributed by atoms with Gasteiger partial charge in [-0.25, -0.2) is 4.98 Å². The first-order chi connectivity index (χ1) is 16.1. The Labute approximate surface area is 208 Å². The number of nitrogens with one attached hydrogen (secondary N) is 1. The Bertz CT molecular complexity index is 987. The molecule has 7 heteroatoms. The lowest BCUT2D eigenvalue weighted by Crippen LogP contribution is -2.62. The normalized spacial score (nSPS) is 15.7. The van der Waals surface area contributed by atoms with Gasteiger partial charge < -0.3 is 20.1 Å². The smallest absolute Gasteiger partial charge is 0.309 e. The van der Waals surface area contributed by atoms with Crippen LogP contribution >= 0.6 is 11.6 Å². The fraction of sp³-hybridized carbons (Fsp3) is 0.556. The average molecular weight is 488 g/mol. The third-order valence-electron chi connectivity index (χ3n) is 6.81. The van der Waals surface area contributed by atoms with Gasteiger partial charge in [-0.05, 0) is 57.2 Å². The van der Waals surface area contributed by atoms with E-state index in [0.717, 1.165) is 38.3 Å². The lowest BCUT2D eigenvalue weighted by molar-refractivity contribution is -0.147. The summed E-state index contributed by atoms with van der Waals surface area (Å²) in [4.78, 5) is 18.1. The molecule has 0 spiro atoms. The number of benzene rings is 1. The van der Waals surface area contributed by atoms with Crippen LogP contribution in [0.4, 0.5) is 5.69 Å². The molecule has 186 valence electrons. The topological polar surface area (TPSA) is 74.7 Å². The predicted octanol–water partition coefficient (Wildman–Crippen LogP) is 5.81. The van der Waals surface area contributed by atoms with Gasteiger partial charge in [0.05, 0.1) is 23.9 Å². The van der Waals surface area contributed by atoms with Gasteiger partial charge in [-0.3, -0.25) is 4.79 Å². The van der Waals surface area contributed by atoms with Gasteiger partial charge >= 0.3 is 5.97 Å². The second-order valence-corrected chi connectivity index (χ2v) is 10.7. The summed E-state index contributed by atoms with van der Waals surface area (Å²) in [6, 6.07) is 10.5. The molecule has 3 rings (SSSR count). The van der Waals surface area contributed by atoms with Crippen molar-refractivity contribution in [3.8, 4) is 5.75 Å². The summed E-state index contributed by atoms with van der Waals surface area (Å²) in [5.41, 5.74) is 2.85. The van der Waals surface area contributed by atoms with Crippen LogP contribution in [0.1, 0.15) is 64.5 Å². The number of anilines is 1. The number of carboxylic acid groups (broad SMARTS) is 1. The first kappa shape index (κ1) is 26.3. The van der Waals surface area contributed by atoms with Crippen LogP contribution in [0.3, 0.4) is 0 Å². The SMILES string of the molecule is CCOc1cc(Cl)ncc1NCC1(c2ccccc2C(C)C)CN(CCCC(C)(C)C(=O)O)C1. The minimum Gasteiger partial charge on any atom is -0.492 e. The molecule has 0 saturated carbocycles. The van der Waals surface area contributed by atoms with Crippen molar-refractivity contribution in [3.05, 3.63) is 52.8 Å². The molecule has 0 aliphatic carbocycles. The van der Waals surface area contributed by atoms with Crippen LogP contribution in [-0.2, 0) is 10.2 Å². The third kappa shape index (κ3) is 6.02. The Morgan fingerprint density at radius 3 is 2.68 bits per heavy atom. The number of pyridine rings is 1. The minimum atomic E-state index is -0.734. The Hall–Kier alpha value is -2.31. The number of halogens is 1. The maximum Gasteiger partial charge on any atom is 0.309 e. The third-order valence-corrected chi connectivity index (χ3v) is 7.02.